The van der Waals surface area contributed by atoms with Crippen LogP contribution in [0.4, 0.5) is 13.2 Å². The molecular weight excluding hydrogens is 307 g/mol. The van der Waals surface area contributed by atoms with Gasteiger partial charge in [-0.3, -0.25) is 0 Å². The first-order valence-corrected chi connectivity index (χ1v) is 7.59. The van der Waals surface area contributed by atoms with Crippen molar-refractivity contribution < 1.29 is 25.8 Å². The molecule has 0 unspecified atom stereocenters. The average molecular weight is 325 g/mol. The predicted molar refractivity (Wildman–Crippen MR) is 73.1 cm³/mol. The van der Waals surface area contributed by atoms with Gasteiger partial charge >= 0.3 is 15.6 Å². The van der Waals surface area contributed by atoms with Crippen molar-refractivity contribution in [3.8, 4) is 5.75 Å². The Morgan fingerprint density at radius 1 is 1.19 bits per heavy atom. The van der Waals surface area contributed by atoms with Gasteiger partial charge in [-0.15, -0.1) is 0 Å². The summed E-state index contributed by atoms with van der Waals surface area (Å²) >= 11 is 0. The quantitative estimate of drug-likeness (QED) is 0.682. The zero-order chi connectivity index (χ0) is 16.5. The molecule has 4 nitrogen and oxygen atoms in total. The third-order valence-corrected chi connectivity index (χ3v) is 3.53. The van der Waals surface area contributed by atoms with E-state index in [2.05, 4.69) is 4.18 Å². The molecule has 0 atom stereocenters. The molecule has 120 valence electrons. The topological polar surface area (TPSA) is 69.4 Å². The van der Waals surface area contributed by atoms with E-state index in [0.717, 1.165) is 5.56 Å². The third-order valence-electron chi connectivity index (χ3n) is 2.56. The Kier molecular flexibility index (Phi) is 4.94. The lowest BCUT2D eigenvalue weighted by Gasteiger charge is -2.19. The molecule has 1 rings (SSSR count). The average Bonchev–Trinajstić information content (AvgIpc) is 2.27. The van der Waals surface area contributed by atoms with Crippen molar-refractivity contribution in [1.82, 2.24) is 0 Å². The summed E-state index contributed by atoms with van der Waals surface area (Å²) in [6, 6.07) is 4.30. The smallest absolute Gasteiger partial charge is 0.376 e. The molecule has 1 aromatic rings. The van der Waals surface area contributed by atoms with Crippen molar-refractivity contribution in [3.05, 3.63) is 29.3 Å². The SMILES string of the molecule is CC(C)(C)Cc1ccc(OS(=O)(=O)C(F)(F)F)c(CN)c1. The highest BCUT2D eigenvalue weighted by Crippen LogP contribution is 2.30. The molecule has 0 amide bonds. The number of alkyl halides is 3. The molecule has 0 heterocycles. The molecule has 0 fully saturated rings. The molecule has 8 heteroatoms. The van der Waals surface area contributed by atoms with Crippen molar-refractivity contribution in [2.24, 2.45) is 11.1 Å². The Hall–Kier alpha value is -1.28. The Morgan fingerprint density at radius 3 is 2.19 bits per heavy atom. The summed E-state index contributed by atoms with van der Waals surface area (Å²) < 4.78 is 63.1. The summed E-state index contributed by atoms with van der Waals surface area (Å²) in [5.41, 5.74) is 1.02. The summed E-state index contributed by atoms with van der Waals surface area (Å²) in [5, 5.41) is 0. The fraction of sp³-hybridized carbons (Fsp3) is 0.538. The van der Waals surface area contributed by atoms with Crippen molar-refractivity contribution >= 4 is 10.1 Å². The normalized spacial score (nSPS) is 13.3. The fourth-order valence-electron chi connectivity index (χ4n) is 1.76. The van der Waals surface area contributed by atoms with Crippen molar-refractivity contribution in [2.45, 2.75) is 39.2 Å². The lowest BCUT2D eigenvalue weighted by atomic mass is 9.87. The van der Waals surface area contributed by atoms with E-state index in [1.54, 1.807) is 6.07 Å². The van der Waals surface area contributed by atoms with Crippen LogP contribution in [0.3, 0.4) is 0 Å². The molecule has 0 aliphatic heterocycles. The molecule has 0 aliphatic rings. The maximum atomic E-state index is 12.3. The summed E-state index contributed by atoms with van der Waals surface area (Å²) in [4.78, 5) is 0. The van der Waals surface area contributed by atoms with Crippen LogP contribution in [0.2, 0.25) is 0 Å². The summed E-state index contributed by atoms with van der Waals surface area (Å²) in [6.45, 7) is 5.90. The zero-order valence-corrected chi connectivity index (χ0v) is 12.8. The van der Waals surface area contributed by atoms with Gasteiger partial charge in [0.05, 0.1) is 0 Å². The van der Waals surface area contributed by atoms with Crippen molar-refractivity contribution in [3.63, 3.8) is 0 Å². The van der Waals surface area contributed by atoms with Gasteiger partial charge in [0.15, 0.2) is 0 Å². The highest BCUT2D eigenvalue weighted by atomic mass is 32.2. The Morgan fingerprint density at radius 2 is 1.76 bits per heavy atom. The van der Waals surface area contributed by atoms with Crippen LogP contribution in [0.25, 0.3) is 0 Å². The summed E-state index contributed by atoms with van der Waals surface area (Å²) in [6.07, 6.45) is 0.673. The zero-order valence-electron chi connectivity index (χ0n) is 12.0. The van der Waals surface area contributed by atoms with Crippen LogP contribution in [0, 0.1) is 5.41 Å². The maximum absolute atomic E-state index is 12.3. The van der Waals surface area contributed by atoms with Crippen LogP contribution < -0.4 is 9.92 Å². The number of hydrogen-bond acceptors (Lipinski definition) is 4. The molecule has 0 saturated heterocycles. The third kappa shape index (κ3) is 4.89. The first-order chi connectivity index (χ1) is 9.36. The molecular formula is C13H18F3NO3S. The van der Waals surface area contributed by atoms with Gasteiger partial charge in [0.25, 0.3) is 0 Å². The lowest BCUT2D eigenvalue weighted by molar-refractivity contribution is -0.0500. The molecule has 0 bridgehead atoms. The molecule has 0 aliphatic carbocycles. The van der Waals surface area contributed by atoms with Crippen LogP contribution in [0.1, 0.15) is 31.9 Å². The van der Waals surface area contributed by atoms with E-state index in [1.165, 1.54) is 12.1 Å². The second-order valence-electron chi connectivity index (χ2n) is 5.87. The molecule has 0 radical (unpaired) electrons. The minimum Gasteiger partial charge on any atom is -0.376 e. The Bertz CT molecular complexity index is 604. The van der Waals surface area contributed by atoms with Crippen molar-refractivity contribution in [2.75, 3.05) is 0 Å². The van der Waals surface area contributed by atoms with E-state index < -0.39 is 21.4 Å². The minimum absolute atomic E-state index is 0.0215. The van der Waals surface area contributed by atoms with E-state index in [4.69, 9.17) is 5.73 Å². The van der Waals surface area contributed by atoms with Gasteiger partial charge in [-0.05, 0) is 23.5 Å². The van der Waals surface area contributed by atoms with E-state index in [0.29, 0.717) is 6.42 Å². The van der Waals surface area contributed by atoms with Crippen molar-refractivity contribution in [1.29, 1.82) is 0 Å². The van der Waals surface area contributed by atoms with Gasteiger partial charge in [-0.25, -0.2) is 0 Å². The Labute approximate surface area is 122 Å². The van der Waals surface area contributed by atoms with Gasteiger partial charge < -0.3 is 9.92 Å². The standard InChI is InChI=1S/C13H18F3NO3S/c1-12(2,3)7-9-4-5-11(10(6-9)8-17)20-21(18,19)13(14,15)16/h4-6H,7-8,17H2,1-3H3. The monoisotopic (exact) mass is 325 g/mol. The molecule has 0 saturated carbocycles. The molecule has 1 aromatic carbocycles. The van der Waals surface area contributed by atoms with Gasteiger partial charge in [0, 0.05) is 12.1 Å². The van der Waals surface area contributed by atoms with E-state index in [1.807, 2.05) is 20.8 Å². The van der Waals surface area contributed by atoms with E-state index in [9.17, 15) is 21.6 Å². The highest BCUT2D eigenvalue weighted by molar-refractivity contribution is 7.88. The fourth-order valence-corrected chi connectivity index (χ4v) is 2.25. The molecule has 0 aromatic heterocycles. The number of hydrogen-bond donors (Lipinski definition) is 1. The highest BCUT2D eigenvalue weighted by Gasteiger charge is 2.48. The minimum atomic E-state index is -5.69. The molecule has 21 heavy (non-hydrogen) atoms. The van der Waals surface area contributed by atoms with Gasteiger partial charge in [-0.2, -0.15) is 21.6 Å². The number of benzene rings is 1. The van der Waals surface area contributed by atoms with Crippen LogP contribution in [0.15, 0.2) is 18.2 Å². The first kappa shape index (κ1) is 17.8. The number of rotatable bonds is 4. The van der Waals surface area contributed by atoms with Crippen LogP contribution in [0.5, 0.6) is 5.75 Å². The van der Waals surface area contributed by atoms with Gasteiger partial charge in [-0.1, -0.05) is 32.9 Å². The summed E-state index contributed by atoms with van der Waals surface area (Å²) in [5.74, 6) is -0.396. The maximum Gasteiger partial charge on any atom is 0.534 e. The number of nitrogens with two attached hydrogens (primary N) is 1. The first-order valence-electron chi connectivity index (χ1n) is 6.18. The lowest BCUT2D eigenvalue weighted by Crippen LogP contribution is -2.28. The van der Waals surface area contributed by atoms with Crippen LogP contribution in [-0.2, 0) is 23.1 Å². The van der Waals surface area contributed by atoms with E-state index in [-0.39, 0.29) is 17.5 Å². The van der Waals surface area contributed by atoms with Gasteiger partial charge in [0.2, 0.25) is 0 Å². The van der Waals surface area contributed by atoms with Crippen LogP contribution in [-0.4, -0.2) is 13.9 Å². The number of halogens is 3. The largest absolute Gasteiger partial charge is 0.534 e. The second-order valence-corrected chi connectivity index (χ2v) is 7.40. The molecule has 0 spiro atoms. The summed E-state index contributed by atoms with van der Waals surface area (Å²) in [7, 11) is -5.69. The second kappa shape index (κ2) is 5.84. The van der Waals surface area contributed by atoms with E-state index >= 15 is 0 Å². The predicted octanol–water partition coefficient (Wildman–Crippen LogP) is 2.96. The van der Waals surface area contributed by atoms with Crippen LogP contribution >= 0.6 is 0 Å². The molecule has 2 N–H and O–H groups in total. The van der Waals surface area contributed by atoms with Gasteiger partial charge in [0.1, 0.15) is 5.75 Å². The Balaban J connectivity index is 3.11.